The Kier molecular flexibility index (Phi) is 6.49. The smallest absolute Gasteiger partial charge is 0.333 e. The molecule has 1 saturated carbocycles. The average molecular weight is 280 g/mol. The lowest BCUT2D eigenvalue weighted by molar-refractivity contribution is -0.142. The Bertz CT molecular complexity index is 351. The van der Waals surface area contributed by atoms with Crippen LogP contribution in [0.4, 0.5) is 0 Å². The van der Waals surface area contributed by atoms with Crippen LogP contribution in [0, 0.1) is 11.8 Å². The van der Waals surface area contributed by atoms with Gasteiger partial charge in [0.05, 0.1) is 13.2 Å². The summed E-state index contributed by atoms with van der Waals surface area (Å²) >= 11 is 0. The van der Waals surface area contributed by atoms with Gasteiger partial charge in [0.15, 0.2) is 0 Å². The van der Waals surface area contributed by atoms with Crippen LogP contribution in [0.5, 0.6) is 0 Å². The van der Waals surface area contributed by atoms with Gasteiger partial charge >= 0.3 is 11.9 Å². The lowest BCUT2D eigenvalue weighted by atomic mass is 9.83. The molecular weight excluding hydrogens is 256 g/mol. The van der Waals surface area contributed by atoms with Crippen molar-refractivity contribution in [1.29, 1.82) is 0 Å². The molecule has 4 heteroatoms. The van der Waals surface area contributed by atoms with Crippen molar-refractivity contribution in [2.45, 2.75) is 39.5 Å². The minimum atomic E-state index is -0.317. The fourth-order valence-electron chi connectivity index (χ4n) is 2.20. The maximum absolute atomic E-state index is 11.3. The SMILES string of the molecule is C=C(C)C(=O)OCC1CCC(COC(=O)C(=C)C)CC1. The lowest BCUT2D eigenvalue weighted by Crippen LogP contribution is -2.24. The highest BCUT2D eigenvalue weighted by molar-refractivity contribution is 5.87. The predicted molar refractivity (Wildman–Crippen MR) is 77.0 cm³/mol. The Morgan fingerprint density at radius 2 is 1.15 bits per heavy atom. The normalized spacial score (nSPS) is 21.9. The molecule has 0 aromatic carbocycles. The van der Waals surface area contributed by atoms with Gasteiger partial charge in [-0.25, -0.2) is 9.59 Å². The number of esters is 2. The molecule has 4 nitrogen and oxygen atoms in total. The van der Waals surface area contributed by atoms with Crippen molar-refractivity contribution in [1.82, 2.24) is 0 Å². The second kappa shape index (κ2) is 7.88. The zero-order valence-corrected chi connectivity index (χ0v) is 12.4. The van der Waals surface area contributed by atoms with E-state index in [1.165, 1.54) is 0 Å². The summed E-state index contributed by atoms with van der Waals surface area (Å²) in [6.07, 6.45) is 4.00. The lowest BCUT2D eigenvalue weighted by Gasteiger charge is -2.27. The van der Waals surface area contributed by atoms with E-state index in [2.05, 4.69) is 13.2 Å². The molecule has 0 N–H and O–H groups in total. The van der Waals surface area contributed by atoms with Crippen LogP contribution in [0.25, 0.3) is 0 Å². The third-order valence-corrected chi connectivity index (χ3v) is 3.56. The maximum Gasteiger partial charge on any atom is 0.333 e. The summed E-state index contributed by atoms with van der Waals surface area (Å²) in [6.45, 7) is 11.3. The first-order valence-electron chi connectivity index (χ1n) is 7.05. The number of ether oxygens (including phenoxy) is 2. The Morgan fingerprint density at radius 1 is 0.850 bits per heavy atom. The maximum atomic E-state index is 11.3. The van der Waals surface area contributed by atoms with Crippen LogP contribution < -0.4 is 0 Å². The summed E-state index contributed by atoms with van der Waals surface area (Å²) in [5, 5.41) is 0. The van der Waals surface area contributed by atoms with Gasteiger partial charge in [0.1, 0.15) is 0 Å². The average Bonchev–Trinajstić information content (AvgIpc) is 2.42. The quantitative estimate of drug-likeness (QED) is 0.554. The zero-order valence-electron chi connectivity index (χ0n) is 12.4. The van der Waals surface area contributed by atoms with Crippen molar-refractivity contribution in [3.05, 3.63) is 24.3 Å². The van der Waals surface area contributed by atoms with Gasteiger partial charge < -0.3 is 9.47 Å². The molecule has 0 radical (unpaired) electrons. The van der Waals surface area contributed by atoms with Gasteiger partial charge in [0.25, 0.3) is 0 Å². The van der Waals surface area contributed by atoms with E-state index in [9.17, 15) is 9.59 Å². The van der Waals surface area contributed by atoms with Crippen LogP contribution in [0.1, 0.15) is 39.5 Å². The molecule has 1 aliphatic rings. The topological polar surface area (TPSA) is 52.6 Å². The molecule has 0 aliphatic heterocycles. The third-order valence-electron chi connectivity index (χ3n) is 3.56. The van der Waals surface area contributed by atoms with Crippen molar-refractivity contribution < 1.29 is 19.1 Å². The molecule has 20 heavy (non-hydrogen) atoms. The summed E-state index contributed by atoms with van der Waals surface area (Å²) in [4.78, 5) is 22.6. The van der Waals surface area contributed by atoms with Gasteiger partial charge in [0.2, 0.25) is 0 Å². The van der Waals surface area contributed by atoms with E-state index < -0.39 is 0 Å². The number of hydrogen-bond acceptors (Lipinski definition) is 4. The first-order chi connectivity index (χ1) is 9.40. The molecule has 0 aromatic rings. The van der Waals surface area contributed by atoms with Crippen LogP contribution in [-0.4, -0.2) is 25.2 Å². The number of carbonyl (C=O) groups excluding carboxylic acids is 2. The molecule has 0 saturated heterocycles. The molecular formula is C16H24O4. The first kappa shape index (κ1) is 16.5. The molecule has 0 spiro atoms. The minimum Gasteiger partial charge on any atom is -0.462 e. The highest BCUT2D eigenvalue weighted by Gasteiger charge is 2.23. The van der Waals surface area contributed by atoms with Gasteiger partial charge in [-0.15, -0.1) is 0 Å². The summed E-state index contributed by atoms with van der Waals surface area (Å²) < 4.78 is 10.3. The van der Waals surface area contributed by atoms with Crippen molar-refractivity contribution in [3.63, 3.8) is 0 Å². The molecule has 1 fully saturated rings. The number of rotatable bonds is 6. The molecule has 0 atom stereocenters. The first-order valence-corrected chi connectivity index (χ1v) is 7.05. The van der Waals surface area contributed by atoms with Gasteiger partial charge in [-0.3, -0.25) is 0 Å². The van der Waals surface area contributed by atoms with E-state index in [1.54, 1.807) is 13.8 Å². The highest BCUT2D eigenvalue weighted by atomic mass is 16.5. The molecule has 1 rings (SSSR count). The van der Waals surface area contributed by atoms with E-state index in [4.69, 9.17) is 9.47 Å². The second-order valence-electron chi connectivity index (χ2n) is 5.64. The Morgan fingerprint density at radius 3 is 1.40 bits per heavy atom. The largest absolute Gasteiger partial charge is 0.462 e. The van der Waals surface area contributed by atoms with Crippen molar-refractivity contribution in [2.75, 3.05) is 13.2 Å². The van der Waals surface area contributed by atoms with Gasteiger partial charge in [-0.2, -0.15) is 0 Å². The van der Waals surface area contributed by atoms with E-state index in [1.807, 2.05) is 0 Å². The number of hydrogen-bond donors (Lipinski definition) is 0. The minimum absolute atomic E-state index is 0.317. The van der Waals surface area contributed by atoms with Crippen LogP contribution in [-0.2, 0) is 19.1 Å². The third kappa shape index (κ3) is 5.59. The fourth-order valence-corrected chi connectivity index (χ4v) is 2.20. The van der Waals surface area contributed by atoms with E-state index >= 15 is 0 Å². The zero-order chi connectivity index (χ0) is 15.1. The summed E-state index contributed by atoms with van der Waals surface area (Å²) in [7, 11) is 0. The molecule has 0 bridgehead atoms. The van der Waals surface area contributed by atoms with Crippen LogP contribution in [0.15, 0.2) is 24.3 Å². The second-order valence-corrected chi connectivity index (χ2v) is 5.64. The molecule has 1 aliphatic carbocycles. The van der Waals surface area contributed by atoms with E-state index in [-0.39, 0.29) is 11.9 Å². The van der Waals surface area contributed by atoms with Gasteiger partial charge in [0, 0.05) is 11.1 Å². The van der Waals surface area contributed by atoms with E-state index in [0.717, 1.165) is 25.7 Å². The summed E-state index contributed by atoms with van der Waals surface area (Å²) in [6, 6.07) is 0. The molecule has 112 valence electrons. The highest BCUT2D eigenvalue weighted by Crippen LogP contribution is 2.29. The molecule has 0 unspecified atom stereocenters. The van der Waals surface area contributed by atoms with Crippen molar-refractivity contribution >= 4 is 11.9 Å². The molecule has 0 aromatic heterocycles. The Labute approximate surface area is 120 Å². The Hall–Kier alpha value is -1.58. The summed E-state index contributed by atoms with van der Waals surface area (Å²) in [5.41, 5.74) is 0.871. The standard InChI is InChI=1S/C16H24O4/c1-11(2)15(17)19-9-13-5-7-14(8-6-13)10-20-16(18)12(3)4/h13-14H,1,3,5-10H2,2,4H3. The molecule has 0 amide bonds. The predicted octanol–water partition coefficient (Wildman–Crippen LogP) is 3.03. The Balaban J connectivity index is 2.20. The molecule has 0 heterocycles. The fraction of sp³-hybridized carbons (Fsp3) is 0.625. The monoisotopic (exact) mass is 280 g/mol. The van der Waals surface area contributed by atoms with E-state index in [0.29, 0.717) is 36.2 Å². The van der Waals surface area contributed by atoms with Crippen molar-refractivity contribution in [2.24, 2.45) is 11.8 Å². The van der Waals surface area contributed by atoms with Crippen molar-refractivity contribution in [3.8, 4) is 0 Å². The van der Waals surface area contributed by atoms with Gasteiger partial charge in [-0.1, -0.05) is 13.2 Å². The van der Waals surface area contributed by atoms with Gasteiger partial charge in [-0.05, 0) is 51.4 Å². The van der Waals surface area contributed by atoms with Crippen LogP contribution in [0.2, 0.25) is 0 Å². The number of carbonyl (C=O) groups is 2. The van der Waals surface area contributed by atoms with Crippen LogP contribution in [0.3, 0.4) is 0 Å². The van der Waals surface area contributed by atoms with Crippen LogP contribution >= 0.6 is 0 Å². The summed E-state index contributed by atoms with van der Waals surface area (Å²) in [5.74, 6) is 0.183.